The van der Waals surface area contributed by atoms with Gasteiger partial charge in [0.1, 0.15) is 0 Å². The van der Waals surface area contributed by atoms with Crippen molar-refractivity contribution in [1.82, 2.24) is 4.90 Å². The van der Waals surface area contributed by atoms with Crippen molar-refractivity contribution < 1.29 is 14.3 Å². The van der Waals surface area contributed by atoms with Crippen LogP contribution >= 0.6 is 0 Å². The molecule has 0 saturated carbocycles. The van der Waals surface area contributed by atoms with E-state index >= 15 is 0 Å². The molecule has 6 heteroatoms. The maximum atomic E-state index is 12.6. The van der Waals surface area contributed by atoms with Crippen LogP contribution < -0.4 is 10.2 Å². The number of rotatable bonds is 6. The van der Waals surface area contributed by atoms with E-state index < -0.39 is 0 Å². The number of ether oxygens (including phenoxy) is 1. The van der Waals surface area contributed by atoms with Crippen LogP contribution in [0.5, 0.6) is 0 Å². The molecule has 1 saturated heterocycles. The Balaban J connectivity index is 2.19. The average molecular weight is 333 g/mol. The van der Waals surface area contributed by atoms with Crippen LogP contribution in [-0.4, -0.2) is 57.1 Å². The Morgan fingerprint density at radius 3 is 2.58 bits per heavy atom. The van der Waals surface area contributed by atoms with E-state index in [-0.39, 0.29) is 11.8 Å². The third kappa shape index (κ3) is 4.71. The number of anilines is 2. The summed E-state index contributed by atoms with van der Waals surface area (Å²) in [7, 11) is 3.83. The summed E-state index contributed by atoms with van der Waals surface area (Å²) in [6, 6.07) is 5.47. The lowest BCUT2D eigenvalue weighted by Crippen LogP contribution is -2.40. The van der Waals surface area contributed by atoms with E-state index in [0.29, 0.717) is 44.0 Å². The zero-order valence-electron chi connectivity index (χ0n) is 14.8. The van der Waals surface area contributed by atoms with Crippen LogP contribution in [0.1, 0.15) is 36.5 Å². The fraction of sp³-hybridized carbons (Fsp3) is 0.556. The van der Waals surface area contributed by atoms with Gasteiger partial charge in [-0.05, 0) is 24.6 Å². The largest absolute Gasteiger partial charge is 0.378 e. The zero-order valence-corrected chi connectivity index (χ0v) is 14.8. The van der Waals surface area contributed by atoms with Gasteiger partial charge in [0.25, 0.3) is 5.91 Å². The van der Waals surface area contributed by atoms with Gasteiger partial charge in [-0.25, -0.2) is 0 Å². The van der Waals surface area contributed by atoms with Crippen LogP contribution in [0.4, 0.5) is 11.4 Å². The van der Waals surface area contributed by atoms with Crippen molar-refractivity contribution in [3.05, 3.63) is 23.8 Å². The van der Waals surface area contributed by atoms with Gasteiger partial charge in [0, 0.05) is 39.2 Å². The van der Waals surface area contributed by atoms with Gasteiger partial charge in [-0.3, -0.25) is 9.59 Å². The van der Waals surface area contributed by atoms with Crippen molar-refractivity contribution in [2.75, 3.05) is 50.6 Å². The van der Waals surface area contributed by atoms with E-state index in [1.165, 1.54) is 0 Å². The molecule has 0 unspecified atom stereocenters. The number of morpholine rings is 1. The molecule has 1 aliphatic rings. The van der Waals surface area contributed by atoms with Gasteiger partial charge >= 0.3 is 0 Å². The average Bonchev–Trinajstić information content (AvgIpc) is 2.59. The molecule has 1 heterocycles. The lowest BCUT2D eigenvalue weighted by Gasteiger charge is -2.27. The van der Waals surface area contributed by atoms with Crippen molar-refractivity contribution in [3.8, 4) is 0 Å². The Hall–Kier alpha value is -2.08. The normalized spacial score (nSPS) is 14.4. The highest BCUT2D eigenvalue weighted by Crippen LogP contribution is 2.27. The monoisotopic (exact) mass is 333 g/mol. The molecule has 0 bridgehead atoms. The predicted octanol–water partition coefficient (Wildman–Crippen LogP) is 2.35. The van der Waals surface area contributed by atoms with Gasteiger partial charge in [-0.15, -0.1) is 0 Å². The van der Waals surface area contributed by atoms with E-state index in [2.05, 4.69) is 12.2 Å². The van der Waals surface area contributed by atoms with Crippen molar-refractivity contribution in [1.29, 1.82) is 0 Å². The summed E-state index contributed by atoms with van der Waals surface area (Å²) < 4.78 is 5.29. The Kier molecular flexibility index (Phi) is 6.61. The summed E-state index contributed by atoms with van der Waals surface area (Å²) in [6.07, 6.45) is 2.32. The van der Waals surface area contributed by atoms with Crippen LogP contribution in [0.15, 0.2) is 18.2 Å². The molecule has 2 rings (SSSR count). The second-order valence-electron chi connectivity index (χ2n) is 6.18. The van der Waals surface area contributed by atoms with E-state index in [1.54, 1.807) is 11.0 Å². The summed E-state index contributed by atoms with van der Waals surface area (Å²) in [5.41, 5.74) is 2.16. The van der Waals surface area contributed by atoms with Gasteiger partial charge in [-0.2, -0.15) is 0 Å². The zero-order chi connectivity index (χ0) is 17.5. The minimum atomic E-state index is -0.0207. The number of carbonyl (C=O) groups is 2. The number of nitrogens with zero attached hydrogens (tertiary/aromatic N) is 2. The van der Waals surface area contributed by atoms with Crippen molar-refractivity contribution in [2.24, 2.45) is 0 Å². The summed E-state index contributed by atoms with van der Waals surface area (Å²) in [6.45, 7) is 4.41. The standard InChI is InChI=1S/C18H27N3O3/c1-4-5-6-17(22)19-15-13-14(7-8-16(15)20(2)3)18(23)21-9-11-24-12-10-21/h7-8,13H,4-6,9-12H2,1-3H3,(H,19,22). The molecular weight excluding hydrogens is 306 g/mol. The van der Waals surface area contributed by atoms with Crippen LogP contribution in [0.2, 0.25) is 0 Å². The third-order valence-corrected chi connectivity index (χ3v) is 4.06. The predicted molar refractivity (Wildman–Crippen MR) is 95.6 cm³/mol. The number of benzene rings is 1. The smallest absolute Gasteiger partial charge is 0.254 e. The van der Waals surface area contributed by atoms with Gasteiger partial charge in [0.05, 0.1) is 24.6 Å². The molecule has 1 fully saturated rings. The Morgan fingerprint density at radius 2 is 1.96 bits per heavy atom. The molecule has 132 valence electrons. The highest BCUT2D eigenvalue weighted by Gasteiger charge is 2.20. The lowest BCUT2D eigenvalue weighted by molar-refractivity contribution is -0.116. The molecule has 24 heavy (non-hydrogen) atoms. The van der Waals surface area contributed by atoms with Gasteiger partial charge in [0.15, 0.2) is 0 Å². The SMILES string of the molecule is CCCCC(=O)Nc1cc(C(=O)N2CCOCC2)ccc1N(C)C. The molecule has 0 radical (unpaired) electrons. The van der Waals surface area contributed by atoms with Gasteiger partial charge in [-0.1, -0.05) is 13.3 Å². The number of hydrogen-bond donors (Lipinski definition) is 1. The summed E-state index contributed by atoms with van der Waals surface area (Å²) in [5.74, 6) is -0.0383. The summed E-state index contributed by atoms with van der Waals surface area (Å²) in [4.78, 5) is 28.4. The van der Waals surface area contributed by atoms with Gasteiger partial charge < -0.3 is 19.9 Å². The molecule has 1 aromatic carbocycles. The molecule has 0 aromatic heterocycles. The lowest BCUT2D eigenvalue weighted by atomic mass is 10.1. The maximum Gasteiger partial charge on any atom is 0.254 e. The van der Waals surface area contributed by atoms with Crippen LogP contribution in [0, 0.1) is 0 Å². The van der Waals surface area contributed by atoms with E-state index in [9.17, 15) is 9.59 Å². The number of carbonyl (C=O) groups excluding carboxylic acids is 2. The highest BCUT2D eigenvalue weighted by atomic mass is 16.5. The fourth-order valence-corrected chi connectivity index (χ4v) is 2.66. The first-order valence-electron chi connectivity index (χ1n) is 8.51. The number of unbranched alkanes of at least 4 members (excludes halogenated alkanes) is 1. The number of hydrogen-bond acceptors (Lipinski definition) is 4. The molecule has 0 atom stereocenters. The van der Waals surface area contributed by atoms with E-state index in [0.717, 1.165) is 18.5 Å². The molecule has 1 N–H and O–H groups in total. The molecule has 6 nitrogen and oxygen atoms in total. The maximum absolute atomic E-state index is 12.6. The molecular formula is C18H27N3O3. The van der Waals surface area contributed by atoms with Crippen molar-refractivity contribution >= 4 is 23.2 Å². The minimum Gasteiger partial charge on any atom is -0.378 e. The van der Waals surface area contributed by atoms with E-state index in [4.69, 9.17) is 4.74 Å². The highest BCUT2D eigenvalue weighted by molar-refractivity contribution is 6.00. The van der Waals surface area contributed by atoms with E-state index in [1.807, 2.05) is 31.1 Å². The van der Waals surface area contributed by atoms with Crippen LogP contribution in [-0.2, 0) is 9.53 Å². The molecule has 1 aliphatic heterocycles. The second kappa shape index (κ2) is 8.68. The first-order chi connectivity index (χ1) is 11.5. The Labute approximate surface area is 143 Å². The first-order valence-corrected chi connectivity index (χ1v) is 8.51. The quantitative estimate of drug-likeness (QED) is 0.868. The Bertz CT molecular complexity index is 581. The third-order valence-electron chi connectivity index (χ3n) is 4.06. The number of nitrogens with one attached hydrogen (secondary N) is 1. The summed E-state index contributed by atoms with van der Waals surface area (Å²) >= 11 is 0. The van der Waals surface area contributed by atoms with Crippen molar-refractivity contribution in [3.63, 3.8) is 0 Å². The minimum absolute atomic E-state index is 0.0177. The molecule has 0 spiro atoms. The fourth-order valence-electron chi connectivity index (χ4n) is 2.66. The second-order valence-corrected chi connectivity index (χ2v) is 6.18. The Morgan fingerprint density at radius 1 is 1.25 bits per heavy atom. The van der Waals surface area contributed by atoms with Crippen LogP contribution in [0.25, 0.3) is 0 Å². The number of amides is 2. The van der Waals surface area contributed by atoms with Crippen LogP contribution in [0.3, 0.4) is 0 Å². The molecule has 1 aromatic rings. The first kappa shape index (κ1) is 18.3. The van der Waals surface area contributed by atoms with Crippen molar-refractivity contribution in [2.45, 2.75) is 26.2 Å². The van der Waals surface area contributed by atoms with Gasteiger partial charge in [0.2, 0.25) is 5.91 Å². The topological polar surface area (TPSA) is 61.9 Å². The molecule has 0 aliphatic carbocycles. The summed E-state index contributed by atoms with van der Waals surface area (Å²) in [5, 5.41) is 2.95. The molecule has 2 amide bonds.